The van der Waals surface area contributed by atoms with Crippen LogP contribution >= 0.6 is 0 Å². The summed E-state index contributed by atoms with van der Waals surface area (Å²) in [5.41, 5.74) is 4.19. The molecule has 0 aliphatic carbocycles. The summed E-state index contributed by atoms with van der Waals surface area (Å²) >= 11 is 0. The van der Waals surface area contributed by atoms with Crippen LogP contribution in [0.5, 0.6) is 11.5 Å². The van der Waals surface area contributed by atoms with Crippen molar-refractivity contribution >= 4 is 68.1 Å². The summed E-state index contributed by atoms with van der Waals surface area (Å²) in [6, 6.07) is 18.8. The van der Waals surface area contributed by atoms with Crippen molar-refractivity contribution in [2.45, 2.75) is 161 Å². The SMILES string of the molecule is CC(=O)[C@H](Cc1ccc(-c2c(C)c(C(F)(F)F)cn(C)c2=O)c2c1COC2)NC(=O)c1c(F)cc(N2CCOC[C@@H]2C(F)(F)F)cc1F.CC(=O)[C@H](Cc1ccc(-c2c(C)cc(C)n(C)c2=O)c2c1COC2)NC(=O)c1c(F)cc(N2CCOC[C@@H]2C(F)(F)F)cc1F.COc1cccc(OC)c1-c1ccc(CC(NC(=O)c2c(F)cc(NS(=O)(=O)c3ccc(-n4cncn4)cc3)cc2F)C(C)=O)c2c1CN(C(C)=O)CC2. The number of hydrogen-bond acceptors (Lipinski definition) is 21. The predicted molar refractivity (Wildman–Crippen MR) is 504 cm³/mol. The number of ether oxygens (including phenoxy) is 6. The Bertz CT molecular complexity index is 7170. The van der Waals surface area contributed by atoms with Gasteiger partial charge >= 0.3 is 18.5 Å². The van der Waals surface area contributed by atoms with Crippen molar-refractivity contribution in [1.29, 1.82) is 0 Å². The molecule has 4 amide bonds. The second kappa shape index (κ2) is 44.0. The number of sulfonamides is 1. The molecule has 1 unspecified atom stereocenters. The molecule has 8 heterocycles. The third-order valence-corrected chi connectivity index (χ3v) is 27.6. The number of carbonyl (C=O) groups excluding carboxylic acids is 7. The zero-order valence-corrected chi connectivity index (χ0v) is 81.4. The number of morpholine rings is 2. The Morgan fingerprint density at radius 2 is 0.918 bits per heavy atom. The molecule has 11 aromatic rings. The van der Waals surface area contributed by atoms with Crippen molar-refractivity contribution in [3.63, 3.8) is 0 Å². The number of ketones is 3. The molecule has 147 heavy (non-hydrogen) atoms. The lowest BCUT2D eigenvalue weighted by molar-refractivity contribution is -0.167. The number of Topliss-reactive ketones (excluding diaryl/α,β-unsaturated/α-hetero) is 3. The van der Waals surface area contributed by atoms with E-state index in [2.05, 4.69) is 30.8 Å². The molecule has 16 rings (SSSR count). The molecule has 0 saturated carbocycles. The number of rotatable bonds is 26. The van der Waals surface area contributed by atoms with Crippen LogP contribution in [0.25, 0.3) is 39.1 Å². The number of aryl methyl sites for hydroxylation is 3. The summed E-state index contributed by atoms with van der Waals surface area (Å²) in [4.78, 5) is 123. The number of alkyl halides is 9. The Hall–Kier alpha value is -14.6. The van der Waals surface area contributed by atoms with Crippen LogP contribution in [0.15, 0.2) is 155 Å². The topological polar surface area (TPSA) is 342 Å². The van der Waals surface area contributed by atoms with Crippen LogP contribution in [-0.4, -0.2) is 181 Å². The molecule has 0 spiro atoms. The van der Waals surface area contributed by atoms with Gasteiger partial charge in [-0.25, -0.2) is 44.4 Å². The van der Waals surface area contributed by atoms with Crippen LogP contribution in [0, 0.1) is 55.7 Å². The van der Waals surface area contributed by atoms with Gasteiger partial charge in [0.2, 0.25) is 5.91 Å². The van der Waals surface area contributed by atoms with Gasteiger partial charge in [-0.2, -0.15) is 44.6 Å². The maximum Gasteiger partial charge on any atom is 0.418 e. The molecule has 3 aromatic heterocycles. The lowest BCUT2D eigenvalue weighted by atomic mass is 9.85. The summed E-state index contributed by atoms with van der Waals surface area (Å²) in [5, 5.41) is 11.1. The third-order valence-electron chi connectivity index (χ3n) is 26.2. The molecule has 5 aliphatic heterocycles. The van der Waals surface area contributed by atoms with Crippen molar-refractivity contribution in [2.24, 2.45) is 14.1 Å². The highest BCUT2D eigenvalue weighted by molar-refractivity contribution is 7.92. The van der Waals surface area contributed by atoms with Crippen molar-refractivity contribution in [1.82, 2.24) is 44.7 Å². The number of carbonyl (C=O) groups is 7. The van der Waals surface area contributed by atoms with Gasteiger partial charge in [0.15, 0.2) is 17.3 Å². The van der Waals surface area contributed by atoms with Crippen LogP contribution in [0.3, 0.4) is 0 Å². The van der Waals surface area contributed by atoms with Gasteiger partial charge in [-0.05, 0) is 205 Å². The van der Waals surface area contributed by atoms with Gasteiger partial charge in [-0.15, -0.1) is 0 Å². The lowest BCUT2D eigenvalue weighted by Crippen LogP contribution is -2.53. The Balaban J connectivity index is 0.000000175. The van der Waals surface area contributed by atoms with Gasteiger partial charge in [0.1, 0.15) is 87.8 Å². The van der Waals surface area contributed by atoms with E-state index in [0.29, 0.717) is 117 Å². The summed E-state index contributed by atoms with van der Waals surface area (Å²) in [5.74, 6) is -12.6. The Morgan fingerprint density at radius 3 is 1.33 bits per heavy atom. The van der Waals surface area contributed by atoms with Crippen LogP contribution in [0.2, 0.25) is 0 Å². The van der Waals surface area contributed by atoms with Gasteiger partial charge in [0, 0.05) is 89.7 Å². The molecule has 2 saturated heterocycles. The number of benzene rings is 8. The van der Waals surface area contributed by atoms with E-state index in [1.165, 1.54) is 88.5 Å². The number of anilines is 3. The molecule has 5 atom stereocenters. The van der Waals surface area contributed by atoms with Crippen molar-refractivity contribution in [2.75, 3.05) is 74.8 Å². The zero-order valence-electron chi connectivity index (χ0n) is 80.6. The monoisotopic (exact) mass is 2080 g/mol. The number of halogens is 15. The minimum atomic E-state index is -4.76. The first-order valence-electron chi connectivity index (χ1n) is 45.6. The van der Waals surface area contributed by atoms with E-state index in [1.54, 1.807) is 61.1 Å². The fourth-order valence-corrected chi connectivity index (χ4v) is 19.5. The highest BCUT2D eigenvalue weighted by Crippen LogP contribution is 2.46. The van der Waals surface area contributed by atoms with E-state index in [9.17, 15) is 91.1 Å². The van der Waals surface area contributed by atoms with Crippen molar-refractivity contribution < 1.29 is 136 Å². The largest absolute Gasteiger partial charge is 0.496 e. The van der Waals surface area contributed by atoms with Crippen LogP contribution < -0.4 is 51.1 Å². The number of methoxy groups -OCH3 is 2. The Morgan fingerprint density at radius 1 is 0.497 bits per heavy atom. The summed E-state index contributed by atoms with van der Waals surface area (Å²) in [7, 11) is 1.69. The van der Waals surface area contributed by atoms with Crippen molar-refractivity contribution in [3.8, 4) is 50.6 Å². The van der Waals surface area contributed by atoms with Gasteiger partial charge in [0.25, 0.3) is 38.9 Å². The summed E-state index contributed by atoms with van der Waals surface area (Å²) < 4.78 is 278. The van der Waals surface area contributed by atoms with Gasteiger partial charge in [-0.1, -0.05) is 42.5 Å². The van der Waals surface area contributed by atoms with Crippen LogP contribution in [0.1, 0.15) is 131 Å². The molecular weight excluding hydrogens is 1980 g/mol. The lowest BCUT2D eigenvalue weighted by Gasteiger charge is -2.38. The maximum atomic E-state index is 15.4. The second-order valence-corrected chi connectivity index (χ2v) is 37.2. The average molecular weight is 2080 g/mol. The summed E-state index contributed by atoms with van der Waals surface area (Å²) in [6.07, 6.45) is -10.5. The number of amides is 4. The van der Waals surface area contributed by atoms with Gasteiger partial charge in [-0.3, -0.25) is 47.9 Å². The third kappa shape index (κ3) is 23.3. The molecule has 0 bridgehead atoms. The number of hydrogen-bond donors (Lipinski definition) is 4. The Labute approximate surface area is 830 Å². The molecule has 4 N–H and O–H groups in total. The number of nitrogens with zero attached hydrogens (tertiary/aromatic N) is 8. The molecule has 8 aromatic carbocycles. The van der Waals surface area contributed by atoms with Crippen LogP contribution in [-0.2, 0) is 127 Å². The average Bonchev–Trinajstić information content (AvgIpc) is 1.75. The zero-order chi connectivity index (χ0) is 107. The maximum absolute atomic E-state index is 15.4. The van der Waals surface area contributed by atoms with Gasteiger partial charge in [0.05, 0.1) is 124 Å². The van der Waals surface area contributed by atoms with Gasteiger partial charge < -0.3 is 68.2 Å². The number of pyridine rings is 2. The fraction of sp³-hybridized carbons (Fsp3) is 0.343. The van der Waals surface area contributed by atoms with E-state index in [0.717, 1.165) is 60.4 Å². The number of nitrogens with one attached hydrogen (secondary N) is 4. The number of aromatic nitrogens is 5. The quantitative estimate of drug-likeness (QED) is 0.0366. The first-order valence-corrected chi connectivity index (χ1v) is 47.1. The number of fused-ring (bicyclic) bond motifs is 3. The highest BCUT2D eigenvalue weighted by atomic mass is 32.2. The normalized spacial score (nSPS) is 15.8. The minimum Gasteiger partial charge on any atom is -0.496 e. The molecule has 2 fully saturated rings. The highest BCUT2D eigenvalue weighted by Gasteiger charge is 2.48. The van der Waals surface area contributed by atoms with E-state index >= 15 is 26.3 Å². The summed E-state index contributed by atoms with van der Waals surface area (Å²) in [6.45, 7) is 8.78. The first-order chi connectivity index (χ1) is 69.4. The van der Waals surface area contributed by atoms with E-state index in [1.807, 2.05) is 32.0 Å². The minimum absolute atomic E-state index is 0.0103. The van der Waals surface area contributed by atoms with E-state index < -0.39 is 181 Å². The fourth-order valence-electron chi connectivity index (χ4n) is 18.5. The molecule has 5 aliphatic rings. The first kappa shape index (κ1) is 108. The molecule has 778 valence electrons. The molecule has 0 radical (unpaired) electrons. The van der Waals surface area contributed by atoms with Crippen molar-refractivity contribution in [3.05, 3.63) is 285 Å². The predicted octanol–water partition coefficient (Wildman–Crippen LogP) is 14.9. The van der Waals surface area contributed by atoms with Crippen LogP contribution in [0.4, 0.5) is 82.9 Å². The molecule has 45 heteroatoms. The standard InChI is InChI=1S/C38H36F2N6O7S.C32H29F8N3O5.C32H32F5N3O5/c1-22(47)33(16-24-8-13-29(30-19-45(23(2)48)15-14-28(24)30)36-34(52-3)6-5-7-35(36)53-4)43-38(49)37-31(39)17-25(18-32(37)40)44-54(50,51)27-11-9-26(10-12-27)46-21-41-20-42-46;1-15-22(31(35,36)37)11-42(3)30(46)27(15)19-5-4-17(20-12-48-13-21(19)20)8-25(16(2)44)41-29(45)28-23(33)9-18(10-24(28)34)43-6-7-47-14-26(43)32(38,39)40;1-16-9-17(2)39(4)31(43)28(16)21-6-5-19(22-13-45-14-23(21)22)10-26(18(3)41)38-30(42)29-24(33)11-20(12-25(29)34)40-7-8-44-15-27(40)32(35,36)37/h5-13,17-18,20-21,33,44H,14-16,19H2,1-4H3,(H,43,49);4-5,9-11,25-26H,6-8,12-14H2,1-3H3,(H,41,45);5-6,9,11-12,26-27H,7-8,10,13-15H2,1-4H3,(H,38,42)/t;25-,26+;26-,27+/m.00/s1. The van der Waals surface area contributed by atoms with E-state index in [-0.39, 0.29) is 117 Å². The Kier molecular flexibility index (Phi) is 32.4. The second-order valence-electron chi connectivity index (χ2n) is 35.6. The molecular formula is C102H97F15N12O17S. The smallest absolute Gasteiger partial charge is 0.418 e. The van der Waals surface area contributed by atoms with E-state index in [4.69, 9.17) is 28.4 Å². The molecule has 29 nitrogen and oxygen atoms in total.